The third-order valence-corrected chi connectivity index (χ3v) is 5.34. The Hall–Kier alpha value is -1.10. The average molecular weight is 396 g/mol. The summed E-state index contributed by atoms with van der Waals surface area (Å²) in [5, 5.41) is 3.21. The molecule has 0 aliphatic heterocycles. The fraction of sp³-hybridized carbons (Fsp3) is 0.684. The minimum Gasteiger partial charge on any atom is -0.474 e. The van der Waals surface area contributed by atoms with E-state index in [2.05, 4.69) is 52.0 Å². The molecule has 1 aliphatic rings. The van der Waals surface area contributed by atoms with Gasteiger partial charge in [-0.2, -0.15) is 0 Å². The Kier molecular flexibility index (Phi) is 7.08. The van der Waals surface area contributed by atoms with E-state index in [9.17, 15) is 0 Å². The van der Waals surface area contributed by atoms with Crippen LogP contribution in [0.15, 0.2) is 15.5 Å². The van der Waals surface area contributed by atoms with Crippen molar-refractivity contribution < 1.29 is 4.74 Å². The summed E-state index contributed by atoms with van der Waals surface area (Å²) in [4.78, 5) is 9.21. The number of nitrogens with one attached hydrogen (secondary N) is 1. The van der Waals surface area contributed by atoms with E-state index >= 15 is 0 Å². The van der Waals surface area contributed by atoms with Crippen molar-refractivity contribution in [2.75, 3.05) is 6.54 Å². The molecule has 1 heterocycles. The zero-order valence-corrected chi connectivity index (χ0v) is 17.1. The van der Waals surface area contributed by atoms with Crippen LogP contribution in [0.4, 0.5) is 5.69 Å². The maximum absolute atomic E-state index is 6.18. The van der Waals surface area contributed by atoms with Gasteiger partial charge in [-0.15, -0.1) is 0 Å². The molecule has 0 amide bonds. The zero-order valence-electron chi connectivity index (χ0n) is 15.5. The predicted molar refractivity (Wildman–Crippen MR) is 104 cm³/mol. The summed E-state index contributed by atoms with van der Waals surface area (Å²) in [6.45, 7) is 11.5. The molecule has 1 aromatic heterocycles. The molecule has 24 heavy (non-hydrogen) atoms. The molecule has 1 aromatic rings. The Morgan fingerprint density at radius 3 is 2.62 bits per heavy atom. The van der Waals surface area contributed by atoms with Gasteiger partial charge in [0.15, 0.2) is 0 Å². The molecule has 1 N–H and O–H groups in total. The molecule has 0 atom stereocenters. The Labute approximate surface area is 154 Å². The van der Waals surface area contributed by atoms with Crippen molar-refractivity contribution in [3.8, 4) is 5.88 Å². The van der Waals surface area contributed by atoms with E-state index in [1.54, 1.807) is 0 Å². The van der Waals surface area contributed by atoms with E-state index < -0.39 is 0 Å². The van der Waals surface area contributed by atoms with Gasteiger partial charge in [0.25, 0.3) is 0 Å². The van der Waals surface area contributed by atoms with Crippen molar-refractivity contribution in [2.24, 2.45) is 16.8 Å². The van der Waals surface area contributed by atoms with Gasteiger partial charge < -0.3 is 10.1 Å². The first-order valence-electron chi connectivity index (χ1n) is 9.03. The minimum atomic E-state index is 0.279. The van der Waals surface area contributed by atoms with Crippen molar-refractivity contribution >= 4 is 27.5 Å². The van der Waals surface area contributed by atoms with Crippen LogP contribution in [0.1, 0.15) is 59.1 Å². The third-order valence-electron chi connectivity index (χ3n) is 4.77. The standard InChI is InChI=1S/C19H30BrN3O/c1-6-21-14(5)23-18-11-17(20)19(22-13(18)4)24-16-9-7-15(8-10-16)12(2)3/h11-12,15-16H,6-10H2,1-5H3,(H,21,23)/t15-,16+. The molecule has 1 saturated carbocycles. The van der Waals surface area contributed by atoms with Crippen LogP contribution in [0.3, 0.4) is 0 Å². The second kappa shape index (κ2) is 8.84. The molecule has 0 saturated heterocycles. The summed E-state index contributed by atoms with van der Waals surface area (Å²) < 4.78 is 7.06. The third kappa shape index (κ3) is 5.20. The van der Waals surface area contributed by atoms with Crippen LogP contribution in [0.5, 0.6) is 5.88 Å². The van der Waals surface area contributed by atoms with E-state index in [-0.39, 0.29) is 6.10 Å². The Morgan fingerprint density at radius 1 is 1.38 bits per heavy atom. The van der Waals surface area contributed by atoms with Crippen LogP contribution < -0.4 is 10.1 Å². The van der Waals surface area contributed by atoms with Gasteiger partial charge in [-0.25, -0.2) is 9.98 Å². The van der Waals surface area contributed by atoms with Crippen molar-refractivity contribution in [3.63, 3.8) is 0 Å². The Bertz CT molecular complexity index is 578. The van der Waals surface area contributed by atoms with Crippen LogP contribution in [0.25, 0.3) is 0 Å². The summed E-state index contributed by atoms with van der Waals surface area (Å²) in [6.07, 6.45) is 5.03. The van der Waals surface area contributed by atoms with E-state index in [1.807, 2.05) is 19.9 Å². The topological polar surface area (TPSA) is 46.5 Å². The van der Waals surface area contributed by atoms with Gasteiger partial charge in [0.1, 0.15) is 6.10 Å². The van der Waals surface area contributed by atoms with Crippen molar-refractivity contribution in [3.05, 3.63) is 16.2 Å². The summed E-state index contributed by atoms with van der Waals surface area (Å²) >= 11 is 3.59. The summed E-state index contributed by atoms with van der Waals surface area (Å²) in [5.74, 6) is 3.21. The van der Waals surface area contributed by atoms with Gasteiger partial charge in [0, 0.05) is 6.54 Å². The molecule has 5 heteroatoms. The van der Waals surface area contributed by atoms with Gasteiger partial charge in [-0.3, -0.25) is 0 Å². The molecule has 1 aliphatic carbocycles. The van der Waals surface area contributed by atoms with Gasteiger partial charge in [0.2, 0.25) is 5.88 Å². The number of pyridine rings is 1. The number of nitrogens with zero attached hydrogens (tertiary/aromatic N) is 2. The number of aromatic nitrogens is 1. The predicted octanol–water partition coefficient (Wildman–Crippen LogP) is 5.41. The number of amidine groups is 1. The molecule has 1 fully saturated rings. The van der Waals surface area contributed by atoms with Crippen LogP contribution in [0, 0.1) is 18.8 Å². The maximum atomic E-state index is 6.18. The molecule has 2 rings (SSSR count). The fourth-order valence-electron chi connectivity index (χ4n) is 3.25. The Balaban J connectivity index is 2.05. The van der Waals surface area contributed by atoms with Crippen LogP contribution in [-0.2, 0) is 0 Å². The SMILES string of the molecule is CCNC(C)=Nc1cc(Br)c(O[C@H]2CC[C@@H](C(C)C)CC2)nc1C. The first kappa shape index (κ1) is 19.2. The highest BCUT2D eigenvalue weighted by molar-refractivity contribution is 9.10. The molecule has 0 spiro atoms. The highest BCUT2D eigenvalue weighted by atomic mass is 79.9. The van der Waals surface area contributed by atoms with Crippen LogP contribution in [0.2, 0.25) is 0 Å². The number of aryl methyl sites for hydroxylation is 1. The first-order valence-corrected chi connectivity index (χ1v) is 9.83. The van der Waals surface area contributed by atoms with Gasteiger partial charge in [-0.1, -0.05) is 13.8 Å². The lowest BCUT2D eigenvalue weighted by Gasteiger charge is -2.31. The number of hydrogen-bond acceptors (Lipinski definition) is 3. The second-order valence-corrected chi connectivity index (χ2v) is 7.86. The molecule has 0 radical (unpaired) electrons. The lowest BCUT2D eigenvalue weighted by atomic mass is 9.80. The molecule has 0 aromatic carbocycles. The Morgan fingerprint density at radius 2 is 2.04 bits per heavy atom. The van der Waals surface area contributed by atoms with Crippen LogP contribution in [-0.4, -0.2) is 23.5 Å². The van der Waals surface area contributed by atoms with Gasteiger partial charge in [0.05, 0.1) is 21.7 Å². The quantitative estimate of drug-likeness (QED) is 0.535. The lowest BCUT2D eigenvalue weighted by Crippen LogP contribution is -2.26. The number of ether oxygens (including phenoxy) is 1. The summed E-state index contributed by atoms with van der Waals surface area (Å²) in [6, 6.07) is 2.00. The van der Waals surface area contributed by atoms with Crippen molar-refractivity contribution in [1.82, 2.24) is 10.3 Å². The highest BCUT2D eigenvalue weighted by Crippen LogP contribution is 2.35. The molecular weight excluding hydrogens is 366 g/mol. The smallest absolute Gasteiger partial charge is 0.228 e. The van der Waals surface area contributed by atoms with Gasteiger partial charge >= 0.3 is 0 Å². The van der Waals surface area contributed by atoms with Crippen molar-refractivity contribution in [2.45, 2.75) is 66.4 Å². The molecule has 0 bridgehead atoms. The largest absolute Gasteiger partial charge is 0.474 e. The molecule has 134 valence electrons. The van der Waals surface area contributed by atoms with Crippen molar-refractivity contribution in [1.29, 1.82) is 0 Å². The number of hydrogen-bond donors (Lipinski definition) is 1. The normalized spacial score (nSPS) is 21.9. The molecule has 0 unspecified atom stereocenters. The van der Waals surface area contributed by atoms with E-state index in [4.69, 9.17) is 4.74 Å². The van der Waals surface area contributed by atoms with E-state index in [0.717, 1.165) is 52.9 Å². The van der Waals surface area contributed by atoms with E-state index in [0.29, 0.717) is 5.88 Å². The zero-order chi connectivity index (χ0) is 17.7. The fourth-order valence-corrected chi connectivity index (χ4v) is 3.65. The highest BCUT2D eigenvalue weighted by Gasteiger charge is 2.25. The number of aliphatic imine (C=N–C) groups is 1. The van der Waals surface area contributed by atoms with E-state index in [1.165, 1.54) is 12.8 Å². The lowest BCUT2D eigenvalue weighted by molar-refractivity contribution is 0.111. The number of halogens is 1. The van der Waals surface area contributed by atoms with Gasteiger partial charge in [-0.05, 0) is 80.3 Å². The van der Waals surface area contributed by atoms with Crippen LogP contribution >= 0.6 is 15.9 Å². The number of rotatable bonds is 5. The summed E-state index contributed by atoms with van der Waals surface area (Å²) in [5.41, 5.74) is 1.76. The second-order valence-electron chi connectivity index (χ2n) is 7.01. The first-order chi connectivity index (χ1) is 11.4. The molecule has 4 nitrogen and oxygen atoms in total. The molecular formula is C19H30BrN3O. The maximum Gasteiger partial charge on any atom is 0.228 e. The monoisotopic (exact) mass is 395 g/mol. The minimum absolute atomic E-state index is 0.279. The summed E-state index contributed by atoms with van der Waals surface area (Å²) in [7, 11) is 0. The average Bonchev–Trinajstić information content (AvgIpc) is 2.53.